The average molecular weight is 346 g/mol. The zero-order valence-electron chi connectivity index (χ0n) is 14.2. The van der Waals surface area contributed by atoms with Crippen LogP contribution in [-0.4, -0.2) is 47.7 Å². The minimum Gasteiger partial charge on any atom is -0.465 e. The molecule has 2 fully saturated rings. The van der Waals surface area contributed by atoms with E-state index < -0.39 is 23.6 Å². The molecule has 1 heterocycles. The first-order valence-corrected chi connectivity index (χ1v) is 8.47. The van der Waals surface area contributed by atoms with Crippen molar-refractivity contribution in [3.63, 3.8) is 0 Å². The molecule has 0 unspecified atom stereocenters. The lowest BCUT2D eigenvalue weighted by Crippen LogP contribution is -2.53. The summed E-state index contributed by atoms with van der Waals surface area (Å²) in [7, 11) is 1.33. The average Bonchev–Trinajstić information content (AvgIpc) is 3.41. The number of carboxylic acid groups (broad SMARTS) is 1. The monoisotopic (exact) mass is 346 g/mol. The van der Waals surface area contributed by atoms with Crippen LogP contribution >= 0.6 is 0 Å². The first-order chi connectivity index (χ1) is 12.0. The van der Waals surface area contributed by atoms with E-state index in [4.69, 9.17) is 0 Å². The Kier molecular flexibility index (Phi) is 4.65. The third-order valence-corrected chi connectivity index (χ3v) is 5.02. The number of rotatable bonds is 4. The highest BCUT2D eigenvalue weighted by Gasteiger charge is 2.47. The summed E-state index contributed by atoms with van der Waals surface area (Å²) >= 11 is 0. The molecule has 1 aliphatic carbocycles. The summed E-state index contributed by atoms with van der Waals surface area (Å²) in [5, 5.41) is 12.3. The highest BCUT2D eigenvalue weighted by atomic mass is 16.5. The SMILES string of the molecule is COC(=O)c1ccc(C2(NC(=O)[C@H]3CCCCN3C(=O)O)CC2)cc1. The highest BCUT2D eigenvalue weighted by molar-refractivity contribution is 5.89. The molecule has 3 rings (SSSR count). The second kappa shape index (κ2) is 6.74. The molecule has 1 saturated heterocycles. The second-order valence-corrected chi connectivity index (χ2v) is 6.63. The molecule has 7 heteroatoms. The van der Waals surface area contributed by atoms with Crippen LogP contribution in [-0.2, 0) is 15.1 Å². The Morgan fingerprint density at radius 3 is 2.44 bits per heavy atom. The van der Waals surface area contributed by atoms with Crippen molar-refractivity contribution in [2.45, 2.75) is 43.7 Å². The van der Waals surface area contributed by atoms with Crippen molar-refractivity contribution in [2.24, 2.45) is 0 Å². The van der Waals surface area contributed by atoms with Crippen molar-refractivity contribution in [3.05, 3.63) is 35.4 Å². The van der Waals surface area contributed by atoms with E-state index in [-0.39, 0.29) is 5.91 Å². The zero-order chi connectivity index (χ0) is 18.0. The number of nitrogens with zero attached hydrogens (tertiary/aromatic N) is 1. The van der Waals surface area contributed by atoms with Gasteiger partial charge in [0.25, 0.3) is 0 Å². The summed E-state index contributed by atoms with van der Waals surface area (Å²) in [5.41, 5.74) is 0.928. The fourth-order valence-electron chi connectivity index (χ4n) is 3.41. The lowest BCUT2D eigenvalue weighted by molar-refractivity contribution is -0.128. The molecule has 7 nitrogen and oxygen atoms in total. The normalized spacial score (nSPS) is 21.3. The number of likely N-dealkylation sites (tertiary alicyclic amines) is 1. The molecule has 1 aromatic rings. The molecule has 1 aromatic carbocycles. The van der Waals surface area contributed by atoms with E-state index >= 15 is 0 Å². The van der Waals surface area contributed by atoms with Gasteiger partial charge in [-0.2, -0.15) is 0 Å². The molecule has 2 aliphatic rings. The number of nitrogens with one attached hydrogen (secondary N) is 1. The smallest absolute Gasteiger partial charge is 0.407 e. The Bertz CT molecular complexity index is 681. The molecule has 0 bridgehead atoms. The van der Waals surface area contributed by atoms with Gasteiger partial charge >= 0.3 is 12.1 Å². The van der Waals surface area contributed by atoms with Gasteiger partial charge in [0.2, 0.25) is 5.91 Å². The number of piperidine rings is 1. The van der Waals surface area contributed by atoms with E-state index in [2.05, 4.69) is 10.1 Å². The van der Waals surface area contributed by atoms with E-state index in [1.54, 1.807) is 12.1 Å². The number of esters is 1. The van der Waals surface area contributed by atoms with Crippen LogP contribution in [0.3, 0.4) is 0 Å². The Balaban J connectivity index is 1.72. The third kappa shape index (κ3) is 3.45. The number of ether oxygens (including phenoxy) is 1. The first-order valence-electron chi connectivity index (χ1n) is 8.47. The summed E-state index contributed by atoms with van der Waals surface area (Å²) in [4.78, 5) is 36.8. The number of hydrogen-bond donors (Lipinski definition) is 2. The van der Waals surface area contributed by atoms with Crippen molar-refractivity contribution in [2.75, 3.05) is 13.7 Å². The number of methoxy groups -OCH3 is 1. The molecular formula is C18H22N2O5. The van der Waals surface area contributed by atoms with E-state index in [0.717, 1.165) is 31.2 Å². The molecule has 1 aliphatic heterocycles. The van der Waals surface area contributed by atoms with Crippen LogP contribution in [0.1, 0.15) is 48.0 Å². The molecule has 0 spiro atoms. The summed E-state index contributed by atoms with van der Waals surface area (Å²) in [6.45, 7) is 0.397. The van der Waals surface area contributed by atoms with Crippen molar-refractivity contribution in [1.29, 1.82) is 0 Å². The summed E-state index contributed by atoms with van der Waals surface area (Å²) in [5.74, 6) is -0.642. The molecule has 25 heavy (non-hydrogen) atoms. The van der Waals surface area contributed by atoms with Crippen LogP contribution in [0, 0.1) is 0 Å². The molecule has 2 amide bonds. The van der Waals surface area contributed by atoms with Crippen molar-refractivity contribution in [1.82, 2.24) is 10.2 Å². The Morgan fingerprint density at radius 1 is 1.20 bits per heavy atom. The van der Waals surface area contributed by atoms with Crippen LogP contribution in [0.25, 0.3) is 0 Å². The fourth-order valence-corrected chi connectivity index (χ4v) is 3.41. The van der Waals surface area contributed by atoms with Gasteiger partial charge in [0.05, 0.1) is 18.2 Å². The van der Waals surface area contributed by atoms with E-state index in [1.165, 1.54) is 12.0 Å². The Labute approximate surface area is 146 Å². The molecule has 1 saturated carbocycles. The van der Waals surface area contributed by atoms with Gasteiger partial charge in [-0.3, -0.25) is 9.69 Å². The molecule has 2 N–H and O–H groups in total. The summed E-state index contributed by atoms with van der Waals surface area (Å²) < 4.78 is 4.69. The van der Waals surface area contributed by atoms with Gasteiger partial charge in [-0.05, 0) is 49.8 Å². The topological polar surface area (TPSA) is 95.9 Å². The number of hydrogen-bond acceptors (Lipinski definition) is 4. The predicted octanol–water partition coefficient (Wildman–Crippen LogP) is 2.11. The lowest BCUT2D eigenvalue weighted by Gasteiger charge is -2.33. The maximum Gasteiger partial charge on any atom is 0.407 e. The molecule has 0 aromatic heterocycles. The van der Waals surface area contributed by atoms with Gasteiger partial charge in [0, 0.05) is 6.54 Å². The first kappa shape index (κ1) is 17.3. The lowest BCUT2D eigenvalue weighted by atomic mass is 9.99. The van der Waals surface area contributed by atoms with E-state index in [1.807, 2.05) is 12.1 Å². The zero-order valence-corrected chi connectivity index (χ0v) is 14.2. The van der Waals surface area contributed by atoms with E-state index in [9.17, 15) is 19.5 Å². The second-order valence-electron chi connectivity index (χ2n) is 6.63. The predicted molar refractivity (Wildman–Crippen MR) is 89.2 cm³/mol. The Hall–Kier alpha value is -2.57. The van der Waals surface area contributed by atoms with Gasteiger partial charge in [-0.15, -0.1) is 0 Å². The van der Waals surface area contributed by atoms with Crippen molar-refractivity contribution < 1.29 is 24.2 Å². The number of benzene rings is 1. The quantitative estimate of drug-likeness (QED) is 0.814. The summed E-state index contributed by atoms with van der Waals surface area (Å²) in [6, 6.07) is 6.36. The largest absolute Gasteiger partial charge is 0.465 e. The van der Waals surface area contributed by atoms with Crippen LogP contribution in [0.4, 0.5) is 4.79 Å². The van der Waals surface area contributed by atoms with Gasteiger partial charge < -0.3 is 15.2 Å². The van der Waals surface area contributed by atoms with Gasteiger partial charge in [0.1, 0.15) is 6.04 Å². The van der Waals surface area contributed by atoms with Crippen molar-refractivity contribution >= 4 is 18.0 Å². The molecular weight excluding hydrogens is 324 g/mol. The van der Waals surface area contributed by atoms with Gasteiger partial charge in [-0.25, -0.2) is 9.59 Å². The summed E-state index contributed by atoms with van der Waals surface area (Å²) in [6.07, 6.45) is 2.74. The Morgan fingerprint density at radius 2 is 1.88 bits per heavy atom. The van der Waals surface area contributed by atoms with E-state index in [0.29, 0.717) is 18.5 Å². The number of carbonyl (C=O) groups is 3. The van der Waals surface area contributed by atoms with Crippen LogP contribution in [0.15, 0.2) is 24.3 Å². The maximum absolute atomic E-state index is 12.7. The van der Waals surface area contributed by atoms with Gasteiger partial charge in [-0.1, -0.05) is 12.1 Å². The fraction of sp³-hybridized carbons (Fsp3) is 0.500. The number of carbonyl (C=O) groups excluding carboxylic acids is 2. The number of amides is 2. The molecule has 134 valence electrons. The van der Waals surface area contributed by atoms with Crippen LogP contribution < -0.4 is 5.32 Å². The minimum atomic E-state index is -1.05. The van der Waals surface area contributed by atoms with Crippen LogP contribution in [0.2, 0.25) is 0 Å². The third-order valence-electron chi connectivity index (χ3n) is 5.02. The van der Waals surface area contributed by atoms with Crippen molar-refractivity contribution in [3.8, 4) is 0 Å². The molecule has 1 atom stereocenters. The standard InChI is InChI=1S/C18H22N2O5/c1-25-16(22)12-5-7-13(8-6-12)18(9-10-18)19-15(21)14-4-2-3-11-20(14)17(23)24/h5-8,14H,2-4,9-11H2,1H3,(H,19,21)(H,23,24)/t14-/m1/s1. The molecule has 0 radical (unpaired) electrons. The highest BCUT2D eigenvalue weighted by Crippen LogP contribution is 2.45. The minimum absolute atomic E-state index is 0.239. The maximum atomic E-state index is 12.7. The van der Waals surface area contributed by atoms with Crippen LogP contribution in [0.5, 0.6) is 0 Å². The van der Waals surface area contributed by atoms with Gasteiger partial charge in [0.15, 0.2) is 0 Å².